The molecule has 0 saturated carbocycles. The number of pyridine rings is 1. The van der Waals surface area contributed by atoms with Crippen molar-refractivity contribution >= 4 is 12.0 Å². The molecule has 0 aliphatic heterocycles. The van der Waals surface area contributed by atoms with Crippen LogP contribution in [0.1, 0.15) is 34.0 Å². The molecule has 4 heteroatoms. The van der Waals surface area contributed by atoms with Crippen LogP contribution in [0.4, 0.5) is 0 Å². The Bertz CT molecular complexity index is 861. The predicted octanol–water partition coefficient (Wildman–Crippen LogP) is 2.92. The van der Waals surface area contributed by atoms with Crippen LogP contribution in [-0.2, 0) is 19.5 Å². The molecule has 122 valence electrons. The minimum absolute atomic E-state index is 0.0206. The highest BCUT2D eigenvalue weighted by molar-refractivity contribution is 5.98. The minimum Gasteiger partial charge on any atom is -0.348 e. The maximum absolute atomic E-state index is 12.6. The number of amides is 1. The maximum atomic E-state index is 12.6. The number of fused-ring (bicyclic) bond motifs is 1. The Morgan fingerprint density at radius 3 is 2.83 bits per heavy atom. The predicted molar refractivity (Wildman–Crippen MR) is 95.9 cm³/mol. The zero-order valence-electron chi connectivity index (χ0n) is 13.7. The average molecular weight is 320 g/mol. The molecule has 24 heavy (non-hydrogen) atoms. The van der Waals surface area contributed by atoms with Crippen LogP contribution in [0.15, 0.2) is 59.6 Å². The Morgan fingerprint density at radius 2 is 2.08 bits per heavy atom. The van der Waals surface area contributed by atoms with Gasteiger partial charge in [-0.25, -0.2) is 0 Å². The molecule has 1 aliphatic rings. The van der Waals surface area contributed by atoms with Crippen molar-refractivity contribution in [3.8, 4) is 0 Å². The largest absolute Gasteiger partial charge is 0.348 e. The number of nitrogens with one attached hydrogen (secondary N) is 1. The van der Waals surface area contributed by atoms with Crippen molar-refractivity contribution in [1.29, 1.82) is 0 Å². The molecule has 2 aromatic rings. The van der Waals surface area contributed by atoms with Gasteiger partial charge < -0.3 is 9.88 Å². The molecule has 1 N–H and O–H groups in total. The lowest BCUT2D eigenvalue weighted by molar-refractivity contribution is 0.0950. The second-order valence-electron chi connectivity index (χ2n) is 5.74. The summed E-state index contributed by atoms with van der Waals surface area (Å²) in [5.41, 5.74) is 3.03. The van der Waals surface area contributed by atoms with Gasteiger partial charge in [-0.2, -0.15) is 0 Å². The van der Waals surface area contributed by atoms with Crippen molar-refractivity contribution in [2.45, 2.75) is 26.4 Å². The van der Waals surface area contributed by atoms with Gasteiger partial charge in [-0.05, 0) is 24.5 Å². The molecule has 1 amide bonds. The smallest absolute Gasteiger partial charge is 0.254 e. The third-order valence-electron chi connectivity index (χ3n) is 4.10. The summed E-state index contributed by atoms with van der Waals surface area (Å²) in [5.74, 6) is -0.157. The molecule has 3 rings (SSSR count). The Hall–Kier alpha value is -2.88. The number of rotatable bonds is 5. The zero-order valence-corrected chi connectivity index (χ0v) is 13.7. The molecule has 0 radical (unpaired) electrons. The number of carbonyl (C=O) groups is 1. The van der Waals surface area contributed by atoms with Gasteiger partial charge in [0.15, 0.2) is 0 Å². The van der Waals surface area contributed by atoms with Gasteiger partial charge in [0.05, 0.1) is 5.56 Å². The number of nitrogens with zero attached hydrogens (tertiary/aromatic N) is 1. The van der Waals surface area contributed by atoms with E-state index in [0.29, 0.717) is 30.6 Å². The van der Waals surface area contributed by atoms with E-state index in [1.54, 1.807) is 10.8 Å². The van der Waals surface area contributed by atoms with E-state index < -0.39 is 0 Å². The molecule has 0 saturated heterocycles. The SMILES string of the molecule is C/C=C/Cn1cc(C(=O)NCc2ccccc2)c2c(c1=O)CC=C2. The number of aromatic nitrogens is 1. The van der Waals surface area contributed by atoms with Crippen molar-refractivity contribution in [3.63, 3.8) is 0 Å². The molecular formula is C20H20N2O2. The average Bonchev–Trinajstić information content (AvgIpc) is 3.10. The monoisotopic (exact) mass is 320 g/mol. The molecule has 0 fully saturated rings. The molecule has 0 bridgehead atoms. The van der Waals surface area contributed by atoms with E-state index in [2.05, 4.69) is 5.32 Å². The van der Waals surface area contributed by atoms with Gasteiger partial charge >= 0.3 is 0 Å². The normalized spacial score (nSPS) is 12.5. The fourth-order valence-corrected chi connectivity index (χ4v) is 2.83. The van der Waals surface area contributed by atoms with Gasteiger partial charge in [-0.1, -0.05) is 54.6 Å². The first-order chi connectivity index (χ1) is 11.7. The molecule has 4 nitrogen and oxygen atoms in total. The lowest BCUT2D eigenvalue weighted by atomic mass is 10.1. The van der Waals surface area contributed by atoms with Crippen LogP contribution in [0, 0.1) is 0 Å². The summed E-state index contributed by atoms with van der Waals surface area (Å²) >= 11 is 0. The highest BCUT2D eigenvalue weighted by atomic mass is 16.2. The maximum Gasteiger partial charge on any atom is 0.254 e. The van der Waals surface area contributed by atoms with Crippen LogP contribution in [0.25, 0.3) is 6.08 Å². The van der Waals surface area contributed by atoms with Crippen molar-refractivity contribution in [3.05, 3.63) is 87.4 Å². The molecule has 1 aromatic heterocycles. The second kappa shape index (κ2) is 7.13. The van der Waals surface area contributed by atoms with Crippen LogP contribution < -0.4 is 10.9 Å². The van der Waals surface area contributed by atoms with Crippen molar-refractivity contribution in [2.75, 3.05) is 0 Å². The number of hydrogen-bond acceptors (Lipinski definition) is 2. The van der Waals surface area contributed by atoms with Crippen LogP contribution >= 0.6 is 0 Å². The fraction of sp³-hybridized carbons (Fsp3) is 0.200. The van der Waals surface area contributed by atoms with Crippen molar-refractivity contribution in [1.82, 2.24) is 9.88 Å². The van der Waals surface area contributed by atoms with Gasteiger partial charge in [0.1, 0.15) is 0 Å². The molecule has 0 spiro atoms. The summed E-state index contributed by atoms with van der Waals surface area (Å²) in [4.78, 5) is 25.1. The third-order valence-corrected chi connectivity index (χ3v) is 4.10. The first-order valence-corrected chi connectivity index (χ1v) is 8.07. The summed E-state index contributed by atoms with van der Waals surface area (Å²) in [6, 6.07) is 9.77. The zero-order chi connectivity index (χ0) is 16.9. The summed E-state index contributed by atoms with van der Waals surface area (Å²) in [7, 11) is 0. The van der Waals surface area contributed by atoms with Crippen LogP contribution in [0.5, 0.6) is 0 Å². The Labute approximate surface area is 141 Å². The molecular weight excluding hydrogens is 300 g/mol. The number of hydrogen-bond donors (Lipinski definition) is 1. The van der Waals surface area contributed by atoms with E-state index in [1.807, 2.05) is 61.6 Å². The molecule has 1 aromatic carbocycles. The van der Waals surface area contributed by atoms with E-state index in [4.69, 9.17) is 0 Å². The Morgan fingerprint density at radius 1 is 1.29 bits per heavy atom. The summed E-state index contributed by atoms with van der Waals surface area (Å²) in [6.07, 6.45) is 9.85. The fourth-order valence-electron chi connectivity index (χ4n) is 2.83. The van der Waals surface area contributed by atoms with E-state index in [-0.39, 0.29) is 11.5 Å². The topological polar surface area (TPSA) is 51.1 Å². The highest BCUT2D eigenvalue weighted by Crippen LogP contribution is 2.20. The van der Waals surface area contributed by atoms with Gasteiger partial charge in [0, 0.05) is 24.8 Å². The van der Waals surface area contributed by atoms with Gasteiger partial charge in [-0.3, -0.25) is 9.59 Å². The van der Waals surface area contributed by atoms with E-state index in [9.17, 15) is 9.59 Å². The number of carbonyl (C=O) groups excluding carboxylic acids is 1. The summed E-state index contributed by atoms with van der Waals surface area (Å²) in [5, 5.41) is 2.94. The minimum atomic E-state index is -0.157. The van der Waals surface area contributed by atoms with E-state index in [1.165, 1.54) is 0 Å². The number of benzene rings is 1. The Kier molecular flexibility index (Phi) is 4.75. The quantitative estimate of drug-likeness (QED) is 0.861. The van der Waals surface area contributed by atoms with Gasteiger partial charge in [0.25, 0.3) is 11.5 Å². The highest BCUT2D eigenvalue weighted by Gasteiger charge is 2.20. The Balaban J connectivity index is 1.89. The number of allylic oxidation sites excluding steroid dienone is 3. The van der Waals surface area contributed by atoms with Gasteiger partial charge in [-0.15, -0.1) is 0 Å². The molecule has 0 unspecified atom stereocenters. The molecule has 0 atom stereocenters. The summed E-state index contributed by atoms with van der Waals surface area (Å²) in [6.45, 7) is 2.85. The second-order valence-corrected chi connectivity index (χ2v) is 5.74. The summed E-state index contributed by atoms with van der Waals surface area (Å²) < 4.78 is 1.60. The molecule has 1 heterocycles. The third kappa shape index (κ3) is 3.23. The first-order valence-electron chi connectivity index (χ1n) is 8.07. The lowest BCUT2D eigenvalue weighted by Gasteiger charge is -2.12. The van der Waals surface area contributed by atoms with E-state index in [0.717, 1.165) is 11.1 Å². The van der Waals surface area contributed by atoms with E-state index >= 15 is 0 Å². The standard InChI is InChI=1S/C20H20N2O2/c1-2-3-12-22-14-18(16-10-7-11-17(16)20(22)24)19(23)21-13-15-8-5-4-6-9-15/h2-10,14H,11-13H2,1H3,(H,21,23)/b3-2+. The van der Waals surface area contributed by atoms with Crippen molar-refractivity contribution < 1.29 is 4.79 Å². The first kappa shape index (κ1) is 16.0. The van der Waals surface area contributed by atoms with Gasteiger partial charge in [0.2, 0.25) is 0 Å². The van der Waals surface area contributed by atoms with Crippen LogP contribution in [0.3, 0.4) is 0 Å². The van der Waals surface area contributed by atoms with Crippen LogP contribution in [0.2, 0.25) is 0 Å². The molecule has 1 aliphatic carbocycles. The van der Waals surface area contributed by atoms with Crippen LogP contribution in [-0.4, -0.2) is 10.5 Å². The van der Waals surface area contributed by atoms with Crippen molar-refractivity contribution in [2.24, 2.45) is 0 Å². The lowest BCUT2D eigenvalue weighted by Crippen LogP contribution is -2.29.